The van der Waals surface area contributed by atoms with Crippen LogP contribution in [0.15, 0.2) is 46.9 Å². The molecule has 0 aliphatic carbocycles. The lowest BCUT2D eigenvalue weighted by atomic mass is 10.2. The molecule has 3 nitrogen and oxygen atoms in total. The minimum atomic E-state index is -0.387. The zero-order valence-electron chi connectivity index (χ0n) is 11.2. The van der Waals surface area contributed by atoms with Gasteiger partial charge in [0.25, 0.3) is 5.91 Å². The molecule has 5 heteroatoms. The number of nitrogens with one attached hydrogen (secondary N) is 1. The molecule has 0 bridgehead atoms. The first kappa shape index (κ1) is 14.5. The normalized spacial score (nSPS) is 10.2. The van der Waals surface area contributed by atoms with Crippen molar-refractivity contribution in [3.05, 3.63) is 58.3 Å². The fraction of sp³-hybridized carbons (Fsp3) is 0.133. The van der Waals surface area contributed by atoms with Gasteiger partial charge in [0.2, 0.25) is 0 Å². The zero-order valence-corrected chi connectivity index (χ0v) is 12.7. The molecule has 0 heterocycles. The number of anilines is 2. The number of para-hydroxylation sites is 2. The number of hydrogen-bond donors (Lipinski definition) is 1. The lowest BCUT2D eigenvalue weighted by Crippen LogP contribution is -2.17. The van der Waals surface area contributed by atoms with Crippen LogP contribution in [0, 0.1) is 5.82 Å². The first-order valence-electron chi connectivity index (χ1n) is 6.02. The lowest BCUT2D eigenvalue weighted by Gasteiger charge is -2.18. The summed E-state index contributed by atoms with van der Waals surface area (Å²) < 4.78 is 13.5. The predicted octanol–water partition coefficient (Wildman–Crippen LogP) is 3.91. The van der Waals surface area contributed by atoms with Crippen LogP contribution in [0.2, 0.25) is 0 Å². The van der Waals surface area contributed by atoms with Crippen LogP contribution in [0.1, 0.15) is 10.4 Å². The highest BCUT2D eigenvalue weighted by Crippen LogP contribution is 2.25. The van der Waals surface area contributed by atoms with Crippen molar-refractivity contribution in [2.45, 2.75) is 0 Å². The van der Waals surface area contributed by atoms with Gasteiger partial charge in [-0.05, 0) is 46.3 Å². The second kappa shape index (κ2) is 6.05. The maximum Gasteiger partial charge on any atom is 0.256 e. The van der Waals surface area contributed by atoms with Gasteiger partial charge in [0.1, 0.15) is 5.82 Å². The average molecular weight is 337 g/mol. The molecule has 0 aliphatic heterocycles. The van der Waals surface area contributed by atoms with E-state index in [0.29, 0.717) is 15.7 Å². The Bertz CT molecular complexity index is 644. The van der Waals surface area contributed by atoms with Gasteiger partial charge in [0, 0.05) is 18.6 Å². The minimum absolute atomic E-state index is 0.286. The van der Waals surface area contributed by atoms with E-state index in [1.807, 2.05) is 43.3 Å². The van der Waals surface area contributed by atoms with Crippen LogP contribution in [0.5, 0.6) is 0 Å². The van der Waals surface area contributed by atoms with Gasteiger partial charge in [0.15, 0.2) is 0 Å². The summed E-state index contributed by atoms with van der Waals surface area (Å²) in [5.74, 6) is -0.673. The van der Waals surface area contributed by atoms with Gasteiger partial charge >= 0.3 is 0 Å². The van der Waals surface area contributed by atoms with Gasteiger partial charge < -0.3 is 10.2 Å². The van der Waals surface area contributed by atoms with E-state index in [1.54, 1.807) is 0 Å². The van der Waals surface area contributed by atoms with Crippen molar-refractivity contribution >= 4 is 33.2 Å². The fourth-order valence-corrected chi connectivity index (χ4v) is 2.36. The number of carbonyl (C=O) groups is 1. The minimum Gasteiger partial charge on any atom is -0.376 e. The molecular formula is C15H14BrFN2O. The predicted molar refractivity (Wildman–Crippen MR) is 82.8 cm³/mol. The van der Waals surface area contributed by atoms with Crippen LogP contribution < -0.4 is 10.2 Å². The summed E-state index contributed by atoms with van der Waals surface area (Å²) >= 11 is 3.20. The highest BCUT2D eigenvalue weighted by molar-refractivity contribution is 9.10. The summed E-state index contributed by atoms with van der Waals surface area (Å²) in [7, 11) is 3.80. The molecule has 1 N–H and O–H groups in total. The van der Waals surface area contributed by atoms with Crippen LogP contribution in [-0.4, -0.2) is 20.0 Å². The van der Waals surface area contributed by atoms with E-state index in [0.717, 1.165) is 5.69 Å². The average Bonchev–Trinajstić information content (AvgIpc) is 2.38. The van der Waals surface area contributed by atoms with Crippen molar-refractivity contribution < 1.29 is 9.18 Å². The summed E-state index contributed by atoms with van der Waals surface area (Å²) in [5, 5.41) is 2.84. The maximum absolute atomic E-state index is 13.0. The van der Waals surface area contributed by atoms with Gasteiger partial charge in [-0.15, -0.1) is 0 Å². The second-order valence-electron chi connectivity index (χ2n) is 4.49. The number of halogens is 2. The summed E-state index contributed by atoms with van der Waals surface area (Å²) in [6.45, 7) is 0. The third kappa shape index (κ3) is 3.17. The molecule has 0 fully saturated rings. The molecule has 0 unspecified atom stereocenters. The fourth-order valence-electron chi connectivity index (χ4n) is 1.83. The Balaban J connectivity index is 2.28. The molecular weight excluding hydrogens is 323 g/mol. The molecule has 0 saturated carbocycles. The molecule has 0 atom stereocenters. The standard InChI is InChI=1S/C15H14BrFN2O/c1-19(2)14-6-4-3-5-13(14)18-15(20)11-8-7-10(17)9-12(11)16/h3-9H,1-2H3,(H,18,20). The number of hydrogen-bond acceptors (Lipinski definition) is 2. The molecule has 2 aromatic carbocycles. The number of nitrogens with zero attached hydrogens (tertiary/aromatic N) is 1. The van der Waals surface area contributed by atoms with Crippen molar-refractivity contribution in [3.8, 4) is 0 Å². The Labute approximate surface area is 125 Å². The molecule has 20 heavy (non-hydrogen) atoms. The van der Waals surface area contributed by atoms with Crippen LogP contribution in [0.3, 0.4) is 0 Å². The molecule has 0 radical (unpaired) electrons. The first-order valence-corrected chi connectivity index (χ1v) is 6.81. The van der Waals surface area contributed by atoms with E-state index >= 15 is 0 Å². The maximum atomic E-state index is 13.0. The van der Waals surface area contributed by atoms with Crippen LogP contribution in [0.4, 0.5) is 15.8 Å². The number of rotatable bonds is 3. The molecule has 0 aliphatic rings. The largest absolute Gasteiger partial charge is 0.376 e. The Morgan fingerprint density at radius 3 is 2.55 bits per heavy atom. The van der Waals surface area contributed by atoms with Crippen LogP contribution in [-0.2, 0) is 0 Å². The summed E-state index contributed by atoms with van der Waals surface area (Å²) in [6, 6.07) is 11.5. The number of amides is 1. The van der Waals surface area contributed by atoms with Gasteiger partial charge in [-0.25, -0.2) is 4.39 Å². The van der Waals surface area contributed by atoms with Crippen molar-refractivity contribution in [2.24, 2.45) is 0 Å². The van der Waals surface area contributed by atoms with Crippen LogP contribution in [0.25, 0.3) is 0 Å². The monoisotopic (exact) mass is 336 g/mol. The Morgan fingerprint density at radius 1 is 1.20 bits per heavy atom. The highest BCUT2D eigenvalue weighted by Gasteiger charge is 2.13. The number of benzene rings is 2. The Hall–Kier alpha value is -1.88. The van der Waals surface area contributed by atoms with Crippen LogP contribution >= 0.6 is 15.9 Å². The first-order chi connectivity index (χ1) is 9.49. The molecule has 0 saturated heterocycles. The van der Waals surface area contributed by atoms with Crippen molar-refractivity contribution in [2.75, 3.05) is 24.3 Å². The van der Waals surface area contributed by atoms with Crippen molar-refractivity contribution in [1.82, 2.24) is 0 Å². The molecule has 0 spiro atoms. The molecule has 1 amide bonds. The molecule has 2 aromatic rings. The lowest BCUT2D eigenvalue weighted by molar-refractivity contribution is 0.102. The summed E-state index contributed by atoms with van der Waals surface area (Å²) in [6.07, 6.45) is 0. The third-order valence-corrected chi connectivity index (χ3v) is 3.47. The van der Waals surface area contributed by atoms with E-state index in [2.05, 4.69) is 21.2 Å². The van der Waals surface area contributed by atoms with E-state index in [1.165, 1.54) is 18.2 Å². The van der Waals surface area contributed by atoms with Gasteiger partial charge in [0.05, 0.1) is 16.9 Å². The Morgan fingerprint density at radius 2 is 1.90 bits per heavy atom. The Kier molecular flexibility index (Phi) is 4.39. The van der Waals surface area contributed by atoms with E-state index in [-0.39, 0.29) is 11.7 Å². The van der Waals surface area contributed by atoms with Crippen molar-refractivity contribution in [3.63, 3.8) is 0 Å². The summed E-state index contributed by atoms with van der Waals surface area (Å²) in [5.41, 5.74) is 2.00. The SMILES string of the molecule is CN(C)c1ccccc1NC(=O)c1ccc(F)cc1Br. The van der Waals surface area contributed by atoms with Gasteiger partial charge in [-0.3, -0.25) is 4.79 Å². The van der Waals surface area contributed by atoms with Gasteiger partial charge in [-0.1, -0.05) is 12.1 Å². The summed E-state index contributed by atoms with van der Waals surface area (Å²) in [4.78, 5) is 14.2. The topological polar surface area (TPSA) is 32.3 Å². The smallest absolute Gasteiger partial charge is 0.256 e. The zero-order chi connectivity index (χ0) is 14.7. The molecule has 2 rings (SSSR count). The van der Waals surface area contributed by atoms with Gasteiger partial charge in [-0.2, -0.15) is 0 Å². The second-order valence-corrected chi connectivity index (χ2v) is 5.34. The highest BCUT2D eigenvalue weighted by atomic mass is 79.9. The third-order valence-electron chi connectivity index (χ3n) is 2.81. The molecule has 104 valence electrons. The quantitative estimate of drug-likeness (QED) is 0.921. The van der Waals surface area contributed by atoms with E-state index < -0.39 is 0 Å². The number of carbonyl (C=O) groups excluding carboxylic acids is 1. The van der Waals surface area contributed by atoms with E-state index in [4.69, 9.17) is 0 Å². The van der Waals surface area contributed by atoms with Crippen molar-refractivity contribution in [1.29, 1.82) is 0 Å². The van der Waals surface area contributed by atoms with E-state index in [9.17, 15) is 9.18 Å². The molecule has 0 aromatic heterocycles.